The van der Waals surface area contributed by atoms with Crippen LogP contribution in [0, 0.1) is 0 Å². The van der Waals surface area contributed by atoms with Crippen molar-refractivity contribution in [2.24, 2.45) is 0 Å². The summed E-state index contributed by atoms with van der Waals surface area (Å²) in [6.07, 6.45) is 4.24. The van der Waals surface area contributed by atoms with Crippen molar-refractivity contribution in [2.75, 3.05) is 13.6 Å². The molecule has 0 aliphatic rings. The van der Waals surface area contributed by atoms with Crippen molar-refractivity contribution < 1.29 is 9.21 Å². The largest absolute Gasteiger partial charge is 0.417 e. The Morgan fingerprint density at radius 3 is 2.60 bits per heavy atom. The predicted octanol–water partition coefficient (Wildman–Crippen LogP) is 1.90. The molecule has 20 heavy (non-hydrogen) atoms. The number of carbonyl (C=O) groups is 1. The van der Waals surface area contributed by atoms with Gasteiger partial charge in [0, 0.05) is 31.9 Å². The Bertz CT molecular complexity index is 566. The SMILES string of the molecule is CC(C)c1nnc(C(=O)N(C)CCc2ccncc2)o1. The van der Waals surface area contributed by atoms with E-state index in [0.717, 1.165) is 12.0 Å². The topological polar surface area (TPSA) is 72.1 Å². The lowest BCUT2D eigenvalue weighted by molar-refractivity contribution is 0.0755. The molecule has 0 aliphatic carbocycles. The second kappa shape index (κ2) is 6.27. The van der Waals surface area contributed by atoms with Gasteiger partial charge in [-0.3, -0.25) is 9.78 Å². The maximum Gasteiger partial charge on any atom is 0.311 e. The number of hydrogen-bond donors (Lipinski definition) is 0. The summed E-state index contributed by atoms with van der Waals surface area (Å²) >= 11 is 0. The van der Waals surface area contributed by atoms with Gasteiger partial charge in [0.25, 0.3) is 0 Å². The Labute approximate surface area is 117 Å². The van der Waals surface area contributed by atoms with Crippen LogP contribution in [0.2, 0.25) is 0 Å². The monoisotopic (exact) mass is 274 g/mol. The molecule has 0 bridgehead atoms. The van der Waals surface area contributed by atoms with Crippen LogP contribution in [-0.4, -0.2) is 39.6 Å². The van der Waals surface area contributed by atoms with Gasteiger partial charge in [0.2, 0.25) is 5.89 Å². The first-order valence-electron chi connectivity index (χ1n) is 6.55. The zero-order chi connectivity index (χ0) is 14.5. The van der Waals surface area contributed by atoms with Crippen LogP contribution in [0.5, 0.6) is 0 Å². The van der Waals surface area contributed by atoms with Crippen LogP contribution in [0.15, 0.2) is 28.9 Å². The summed E-state index contributed by atoms with van der Waals surface area (Å²) in [6, 6.07) is 3.86. The molecular formula is C14H18N4O2. The van der Waals surface area contributed by atoms with E-state index in [2.05, 4.69) is 15.2 Å². The molecule has 0 aliphatic heterocycles. The van der Waals surface area contributed by atoms with E-state index < -0.39 is 0 Å². The second-order valence-electron chi connectivity index (χ2n) is 4.93. The van der Waals surface area contributed by atoms with Gasteiger partial charge in [0.15, 0.2) is 0 Å². The van der Waals surface area contributed by atoms with Crippen LogP contribution in [-0.2, 0) is 6.42 Å². The lowest BCUT2D eigenvalue weighted by atomic mass is 10.2. The molecule has 2 aromatic rings. The van der Waals surface area contributed by atoms with Crippen molar-refractivity contribution in [1.82, 2.24) is 20.1 Å². The third-order valence-electron chi connectivity index (χ3n) is 2.95. The van der Waals surface area contributed by atoms with E-state index >= 15 is 0 Å². The zero-order valence-electron chi connectivity index (χ0n) is 11.9. The zero-order valence-corrected chi connectivity index (χ0v) is 11.9. The molecular weight excluding hydrogens is 256 g/mol. The number of amides is 1. The van der Waals surface area contributed by atoms with Gasteiger partial charge in [-0.15, -0.1) is 10.2 Å². The first-order valence-corrected chi connectivity index (χ1v) is 6.55. The van der Waals surface area contributed by atoms with E-state index in [9.17, 15) is 4.79 Å². The highest BCUT2D eigenvalue weighted by Gasteiger charge is 2.19. The summed E-state index contributed by atoms with van der Waals surface area (Å²) in [5.41, 5.74) is 1.13. The number of aromatic nitrogens is 3. The predicted molar refractivity (Wildman–Crippen MR) is 73.3 cm³/mol. The number of pyridine rings is 1. The summed E-state index contributed by atoms with van der Waals surface area (Å²) < 4.78 is 5.36. The maximum absolute atomic E-state index is 12.1. The van der Waals surface area contributed by atoms with Crippen LogP contribution < -0.4 is 0 Å². The minimum absolute atomic E-state index is 0.0472. The van der Waals surface area contributed by atoms with Crippen molar-refractivity contribution in [2.45, 2.75) is 26.2 Å². The smallest absolute Gasteiger partial charge is 0.311 e. The van der Waals surface area contributed by atoms with E-state index in [0.29, 0.717) is 12.4 Å². The molecule has 6 heteroatoms. The number of carbonyl (C=O) groups excluding carboxylic acids is 1. The summed E-state index contributed by atoms with van der Waals surface area (Å²) in [6.45, 7) is 4.46. The van der Waals surface area contributed by atoms with E-state index in [1.807, 2.05) is 26.0 Å². The third-order valence-corrected chi connectivity index (χ3v) is 2.95. The van der Waals surface area contributed by atoms with Crippen LogP contribution in [0.4, 0.5) is 0 Å². The van der Waals surface area contributed by atoms with Crippen LogP contribution in [0.1, 0.15) is 41.9 Å². The standard InChI is InChI=1S/C14H18N4O2/c1-10(2)12-16-17-13(20-12)14(19)18(3)9-6-11-4-7-15-8-5-11/h4-5,7-8,10H,6,9H2,1-3H3. The molecule has 2 heterocycles. The fraction of sp³-hybridized carbons (Fsp3) is 0.429. The van der Waals surface area contributed by atoms with E-state index in [1.165, 1.54) is 0 Å². The molecule has 0 saturated carbocycles. The molecule has 2 rings (SSSR count). The van der Waals surface area contributed by atoms with Gasteiger partial charge in [-0.05, 0) is 24.1 Å². The third kappa shape index (κ3) is 3.40. The number of likely N-dealkylation sites (N-methyl/N-ethyl adjacent to an activating group) is 1. The van der Waals surface area contributed by atoms with Crippen molar-refractivity contribution >= 4 is 5.91 Å². The van der Waals surface area contributed by atoms with E-state index in [4.69, 9.17) is 4.42 Å². The molecule has 0 unspecified atom stereocenters. The number of rotatable bonds is 5. The summed E-state index contributed by atoms with van der Waals surface area (Å²) in [5.74, 6) is 0.395. The molecule has 0 atom stereocenters. The highest BCUT2D eigenvalue weighted by atomic mass is 16.4. The Morgan fingerprint density at radius 2 is 2.00 bits per heavy atom. The molecule has 0 N–H and O–H groups in total. The van der Waals surface area contributed by atoms with E-state index in [-0.39, 0.29) is 17.7 Å². The molecule has 1 amide bonds. The summed E-state index contributed by atoms with van der Waals surface area (Å²) in [7, 11) is 1.72. The number of hydrogen-bond acceptors (Lipinski definition) is 5. The highest BCUT2D eigenvalue weighted by Crippen LogP contribution is 2.13. The quantitative estimate of drug-likeness (QED) is 0.832. The van der Waals surface area contributed by atoms with Gasteiger partial charge in [-0.1, -0.05) is 13.8 Å². The molecule has 0 fully saturated rings. The van der Waals surface area contributed by atoms with Gasteiger partial charge < -0.3 is 9.32 Å². The fourth-order valence-electron chi connectivity index (χ4n) is 1.67. The first-order chi connectivity index (χ1) is 9.58. The summed E-state index contributed by atoms with van der Waals surface area (Å²) in [5, 5.41) is 7.66. The Morgan fingerprint density at radius 1 is 1.30 bits per heavy atom. The highest BCUT2D eigenvalue weighted by molar-refractivity contribution is 5.89. The van der Waals surface area contributed by atoms with Crippen molar-refractivity contribution in [1.29, 1.82) is 0 Å². The van der Waals surface area contributed by atoms with Crippen molar-refractivity contribution in [3.8, 4) is 0 Å². The Balaban J connectivity index is 1.94. The lowest BCUT2D eigenvalue weighted by Gasteiger charge is -2.14. The molecule has 0 saturated heterocycles. The van der Waals surface area contributed by atoms with Crippen LogP contribution in [0.25, 0.3) is 0 Å². The Kier molecular flexibility index (Phi) is 4.45. The van der Waals surface area contributed by atoms with Gasteiger partial charge in [-0.25, -0.2) is 0 Å². The summed E-state index contributed by atoms with van der Waals surface area (Å²) in [4.78, 5) is 17.7. The average molecular weight is 274 g/mol. The van der Waals surface area contributed by atoms with Gasteiger partial charge in [0.05, 0.1) is 0 Å². The first kappa shape index (κ1) is 14.2. The van der Waals surface area contributed by atoms with Gasteiger partial charge in [-0.2, -0.15) is 0 Å². The minimum atomic E-state index is -0.251. The van der Waals surface area contributed by atoms with Crippen molar-refractivity contribution in [3.05, 3.63) is 41.9 Å². The van der Waals surface area contributed by atoms with Gasteiger partial charge >= 0.3 is 11.8 Å². The van der Waals surface area contributed by atoms with Gasteiger partial charge in [0.1, 0.15) is 0 Å². The average Bonchev–Trinajstić information content (AvgIpc) is 2.95. The van der Waals surface area contributed by atoms with Crippen LogP contribution in [0.3, 0.4) is 0 Å². The van der Waals surface area contributed by atoms with Crippen molar-refractivity contribution in [3.63, 3.8) is 0 Å². The molecule has 6 nitrogen and oxygen atoms in total. The molecule has 0 spiro atoms. The normalized spacial score (nSPS) is 10.8. The Hall–Kier alpha value is -2.24. The number of nitrogens with zero attached hydrogens (tertiary/aromatic N) is 4. The maximum atomic E-state index is 12.1. The van der Waals surface area contributed by atoms with E-state index in [1.54, 1.807) is 24.3 Å². The fourth-order valence-corrected chi connectivity index (χ4v) is 1.67. The molecule has 0 aromatic carbocycles. The molecule has 0 radical (unpaired) electrons. The second-order valence-corrected chi connectivity index (χ2v) is 4.93. The lowest BCUT2D eigenvalue weighted by Crippen LogP contribution is -2.29. The molecule has 106 valence electrons. The molecule has 2 aromatic heterocycles. The van der Waals surface area contributed by atoms with Crippen LogP contribution >= 0.6 is 0 Å². The minimum Gasteiger partial charge on any atom is -0.417 e.